The zero-order valence-corrected chi connectivity index (χ0v) is 17.6. The fourth-order valence-electron chi connectivity index (χ4n) is 3.64. The first-order valence-electron chi connectivity index (χ1n) is 10.3. The molecule has 0 atom stereocenters. The number of halogens is 1. The minimum atomic E-state index is -0.485. The van der Waals surface area contributed by atoms with Gasteiger partial charge in [-0.05, 0) is 58.7 Å². The fourth-order valence-corrected chi connectivity index (χ4v) is 3.64. The predicted molar refractivity (Wildman–Crippen MR) is 127 cm³/mol. The number of rotatable bonds is 5. The molecule has 0 saturated heterocycles. The molecule has 0 unspecified atom stereocenters. The van der Waals surface area contributed by atoms with Gasteiger partial charge in [0.25, 0.3) is 5.91 Å². The van der Waals surface area contributed by atoms with E-state index in [4.69, 9.17) is 0 Å². The first-order valence-corrected chi connectivity index (χ1v) is 10.3. The second-order valence-corrected chi connectivity index (χ2v) is 7.62. The van der Waals surface area contributed by atoms with Crippen LogP contribution in [0, 0.1) is 24.1 Å². The van der Waals surface area contributed by atoms with Crippen molar-refractivity contribution < 1.29 is 9.18 Å². The Balaban J connectivity index is 1.77. The Kier molecular flexibility index (Phi) is 6.10. The lowest BCUT2D eigenvalue weighted by molar-refractivity contribution is -0.112. The monoisotopic (exact) mass is 420 g/mol. The summed E-state index contributed by atoms with van der Waals surface area (Å²) in [5.41, 5.74) is 3.81. The van der Waals surface area contributed by atoms with Crippen LogP contribution in [0.1, 0.15) is 22.3 Å². The number of amides is 1. The van der Waals surface area contributed by atoms with Crippen LogP contribution < -0.4 is 5.32 Å². The Labute approximate surface area is 186 Å². The Morgan fingerprint density at radius 2 is 1.66 bits per heavy atom. The Morgan fingerprint density at radius 1 is 0.938 bits per heavy atom. The molecule has 0 aliphatic rings. The second-order valence-electron chi connectivity index (χ2n) is 7.62. The standard InChI is InChI=1S/C28H21FN2O/c1-19-10-14-24(15-11-19)31-28(32)23(18-30)17-26-21(16-22-7-3-5-9-27(22)29)13-12-20-6-2-4-8-25(20)26/h2-15,17H,16H2,1H3,(H,31,32)/b23-17+. The van der Waals surface area contributed by atoms with Gasteiger partial charge in [-0.1, -0.05) is 72.3 Å². The van der Waals surface area contributed by atoms with Gasteiger partial charge in [0.05, 0.1) is 0 Å². The van der Waals surface area contributed by atoms with E-state index >= 15 is 0 Å². The molecule has 0 aliphatic carbocycles. The number of carbonyl (C=O) groups excluding carboxylic acids is 1. The average Bonchev–Trinajstić information content (AvgIpc) is 2.81. The molecule has 4 aromatic rings. The number of benzene rings is 4. The third-order valence-electron chi connectivity index (χ3n) is 5.36. The number of anilines is 1. The number of hydrogen-bond acceptors (Lipinski definition) is 2. The minimum Gasteiger partial charge on any atom is -0.321 e. The SMILES string of the molecule is Cc1ccc(NC(=O)/C(C#N)=C/c2c(Cc3ccccc3F)ccc3ccccc23)cc1. The molecule has 3 nitrogen and oxygen atoms in total. The lowest BCUT2D eigenvalue weighted by Crippen LogP contribution is -2.13. The van der Waals surface area contributed by atoms with Gasteiger partial charge >= 0.3 is 0 Å². The van der Waals surface area contributed by atoms with Crippen LogP contribution in [0.4, 0.5) is 10.1 Å². The zero-order chi connectivity index (χ0) is 22.5. The normalized spacial score (nSPS) is 11.2. The van der Waals surface area contributed by atoms with E-state index in [1.165, 1.54) is 6.07 Å². The number of aryl methyl sites for hydroxylation is 1. The van der Waals surface area contributed by atoms with E-state index in [0.717, 1.165) is 27.5 Å². The van der Waals surface area contributed by atoms with Gasteiger partial charge in [0.2, 0.25) is 0 Å². The third kappa shape index (κ3) is 4.58. The molecule has 4 rings (SSSR count). The van der Waals surface area contributed by atoms with E-state index in [9.17, 15) is 14.4 Å². The molecule has 4 aromatic carbocycles. The molecule has 0 fully saturated rings. The van der Waals surface area contributed by atoms with Crippen molar-refractivity contribution in [2.24, 2.45) is 0 Å². The lowest BCUT2D eigenvalue weighted by Gasteiger charge is -2.12. The molecule has 0 heterocycles. The lowest BCUT2D eigenvalue weighted by atomic mass is 9.93. The summed E-state index contributed by atoms with van der Waals surface area (Å²) in [4.78, 5) is 12.8. The molecule has 0 saturated carbocycles. The van der Waals surface area contributed by atoms with Crippen LogP contribution in [0.15, 0.2) is 90.5 Å². The third-order valence-corrected chi connectivity index (χ3v) is 5.36. The molecule has 32 heavy (non-hydrogen) atoms. The van der Waals surface area contributed by atoms with Crippen molar-refractivity contribution in [1.29, 1.82) is 5.26 Å². The average molecular weight is 420 g/mol. The molecule has 1 amide bonds. The molecule has 0 aliphatic heterocycles. The van der Waals surface area contributed by atoms with Crippen LogP contribution in [-0.2, 0) is 11.2 Å². The van der Waals surface area contributed by atoms with Crippen molar-refractivity contribution >= 4 is 28.4 Å². The summed E-state index contributed by atoms with van der Waals surface area (Å²) in [7, 11) is 0. The molecule has 0 radical (unpaired) electrons. The fraction of sp³-hybridized carbons (Fsp3) is 0.0714. The summed E-state index contributed by atoms with van der Waals surface area (Å²) in [5, 5.41) is 14.4. The molecule has 0 spiro atoms. The van der Waals surface area contributed by atoms with Gasteiger partial charge in [-0.3, -0.25) is 4.79 Å². The number of nitriles is 1. The first-order chi connectivity index (χ1) is 15.5. The van der Waals surface area contributed by atoms with Crippen LogP contribution in [0.25, 0.3) is 16.8 Å². The van der Waals surface area contributed by atoms with Gasteiger partial charge in [-0.15, -0.1) is 0 Å². The molecule has 156 valence electrons. The van der Waals surface area contributed by atoms with E-state index in [1.54, 1.807) is 36.4 Å². The van der Waals surface area contributed by atoms with Gasteiger partial charge < -0.3 is 5.32 Å². The van der Waals surface area contributed by atoms with Gasteiger partial charge in [0, 0.05) is 12.1 Å². The Hall–Kier alpha value is -4.23. The Morgan fingerprint density at radius 3 is 2.41 bits per heavy atom. The smallest absolute Gasteiger partial charge is 0.266 e. The quantitative estimate of drug-likeness (QED) is 0.299. The number of fused-ring (bicyclic) bond motifs is 1. The highest BCUT2D eigenvalue weighted by Gasteiger charge is 2.14. The van der Waals surface area contributed by atoms with E-state index in [-0.39, 0.29) is 11.4 Å². The molecule has 1 N–H and O–H groups in total. The summed E-state index contributed by atoms with van der Waals surface area (Å²) < 4.78 is 14.3. The summed E-state index contributed by atoms with van der Waals surface area (Å²) in [6, 6.07) is 27.7. The van der Waals surface area contributed by atoms with Crippen molar-refractivity contribution in [3.63, 3.8) is 0 Å². The molecular formula is C28H21FN2O. The van der Waals surface area contributed by atoms with Crippen LogP contribution in [0.5, 0.6) is 0 Å². The van der Waals surface area contributed by atoms with Crippen LogP contribution in [0.2, 0.25) is 0 Å². The van der Waals surface area contributed by atoms with Crippen molar-refractivity contribution in [2.45, 2.75) is 13.3 Å². The van der Waals surface area contributed by atoms with Crippen LogP contribution in [-0.4, -0.2) is 5.91 Å². The highest BCUT2D eigenvalue weighted by atomic mass is 19.1. The van der Waals surface area contributed by atoms with Crippen molar-refractivity contribution in [1.82, 2.24) is 0 Å². The van der Waals surface area contributed by atoms with E-state index in [2.05, 4.69) is 5.32 Å². The maximum atomic E-state index is 14.3. The number of nitrogens with one attached hydrogen (secondary N) is 1. The minimum absolute atomic E-state index is 0.0169. The van der Waals surface area contributed by atoms with Crippen LogP contribution >= 0.6 is 0 Å². The van der Waals surface area contributed by atoms with E-state index in [1.807, 2.05) is 61.5 Å². The first kappa shape index (κ1) is 21.0. The number of carbonyl (C=O) groups is 1. The van der Waals surface area contributed by atoms with Gasteiger partial charge in [-0.25, -0.2) is 4.39 Å². The maximum absolute atomic E-state index is 14.3. The summed E-state index contributed by atoms with van der Waals surface area (Å²) in [6.07, 6.45) is 1.95. The number of nitrogens with zero attached hydrogens (tertiary/aromatic N) is 1. The molecule has 0 aromatic heterocycles. The predicted octanol–water partition coefficient (Wildman–Crippen LogP) is 6.42. The van der Waals surface area contributed by atoms with Crippen molar-refractivity contribution in [3.8, 4) is 6.07 Å². The van der Waals surface area contributed by atoms with Gasteiger partial charge in [0.15, 0.2) is 0 Å². The van der Waals surface area contributed by atoms with Gasteiger partial charge in [0.1, 0.15) is 17.5 Å². The summed E-state index contributed by atoms with van der Waals surface area (Å²) in [5.74, 6) is -0.769. The highest BCUT2D eigenvalue weighted by Crippen LogP contribution is 2.28. The molecular weight excluding hydrogens is 399 g/mol. The van der Waals surface area contributed by atoms with Crippen LogP contribution in [0.3, 0.4) is 0 Å². The van der Waals surface area contributed by atoms with Gasteiger partial charge in [-0.2, -0.15) is 5.26 Å². The largest absolute Gasteiger partial charge is 0.321 e. The second kappa shape index (κ2) is 9.28. The number of hydrogen-bond donors (Lipinski definition) is 1. The maximum Gasteiger partial charge on any atom is 0.266 e. The summed E-state index contributed by atoms with van der Waals surface area (Å²) in [6.45, 7) is 1.96. The summed E-state index contributed by atoms with van der Waals surface area (Å²) >= 11 is 0. The Bertz CT molecular complexity index is 1360. The highest BCUT2D eigenvalue weighted by molar-refractivity contribution is 6.11. The van der Waals surface area contributed by atoms with Crippen molar-refractivity contribution in [3.05, 3.63) is 119 Å². The molecule has 4 heteroatoms. The zero-order valence-electron chi connectivity index (χ0n) is 17.6. The van der Waals surface area contributed by atoms with E-state index < -0.39 is 5.91 Å². The van der Waals surface area contributed by atoms with E-state index in [0.29, 0.717) is 17.7 Å². The topological polar surface area (TPSA) is 52.9 Å². The van der Waals surface area contributed by atoms with Crippen molar-refractivity contribution in [2.75, 3.05) is 5.32 Å². The molecule has 0 bridgehead atoms.